The monoisotopic (exact) mass is 2090 g/mol. The zero-order valence-electron chi connectivity index (χ0n) is 83.8. The number of halogens is 2. The van der Waals surface area contributed by atoms with Gasteiger partial charge in [-0.05, 0) is 120 Å². The zero-order chi connectivity index (χ0) is 112. The second kappa shape index (κ2) is 74.0. The normalized spacial score (nSPS) is 14.2. The maximum atomic E-state index is 13.4. The Kier molecular flexibility index (Phi) is 66.0. The molecule has 0 fully saturated rings. The standard InChI is InChI=1S/C25H36F2N6O7.C25H40N6O6.C25H39N5O6.C23H36N6O6/c26-21(27)25(40)31-9-5-4-8-15(23(38)33-18(22(30)37)12-20(29)36)11-19(35)17(32-24(39)16(28)13-34)10-14-6-2-1-3-7-14;1-31(2)11-7-6-10-17(24(36)30-20(23(28)35)14-22(27)34)13-21(33)19(29-25(37)18(26)15-32)12-16-8-4-3-5-9-16;1-2-3-4-8-11-17(24(35)30-20(23(28)34)14-22(27)33)13-21(32)19(29-25(36)18(26)15-31)12-16-9-6-5-7-10-16;24-9-5-4-8-15(22(34)29-18(21(27)33)12-20(26)32)11-19(31)17(28-23(35)16(25)13-30)10-14-6-2-1-3-7-14/h1-3,6-7,15-18,21,34H,4-5,8-13,28H2,(H2,29,36)(H2,30,37)(H,31,40)(H,32,39)(H,33,38);3-5,8-9,17-20,32H,6-7,10-15,26H2,1-2H3,(H2,27,34)(H2,28,35)(H,29,37)(H,30,36);5-7,9-10,17-20,31H,2-4,8,11-15,26H2,1H3,(H2,27,33)(H2,28,34)(H,29,36)(H,30,35);1-3,6-7,15-18,30H,4-5,8-13,24-25H2,(H2,26,32)(H2,27,33)(H,28,35)(H,29,34)/t15-,16+,17+,18+;2*17-,18+,19+,20+;15-,16+,17+,18+/m1111/s1. The molecule has 4 aromatic carbocycles. The second-order valence-electron chi connectivity index (χ2n) is 35.7. The van der Waals surface area contributed by atoms with Crippen molar-refractivity contribution in [1.82, 2.24) is 52.8 Å². The van der Waals surface area contributed by atoms with Crippen LogP contribution in [0.1, 0.15) is 170 Å². The van der Waals surface area contributed by atoms with Crippen LogP contribution >= 0.6 is 0 Å². The Hall–Kier alpha value is -14.0. The molecule has 0 saturated carbocycles. The number of amides is 17. The molecule has 17 amide bonds. The lowest BCUT2D eigenvalue weighted by atomic mass is 9.90. The maximum Gasteiger partial charge on any atom is 0.315 e. The van der Waals surface area contributed by atoms with E-state index in [4.69, 9.17) is 74.5 Å². The third-order valence-corrected chi connectivity index (χ3v) is 22.9. The maximum absolute atomic E-state index is 13.4. The van der Waals surface area contributed by atoms with Gasteiger partial charge in [0, 0.05) is 55.9 Å². The molecule has 0 aliphatic carbocycles. The number of primary amides is 8. The predicted octanol–water partition coefficient (Wildman–Crippen LogP) is -6.80. The summed E-state index contributed by atoms with van der Waals surface area (Å²) in [6, 6.07) is 21.2. The number of hydrogen-bond acceptors (Lipinski definition) is 31. The van der Waals surface area contributed by atoms with Gasteiger partial charge >= 0.3 is 6.43 Å². The van der Waals surface area contributed by atoms with Crippen LogP contribution in [0.25, 0.3) is 0 Å². The summed E-state index contributed by atoms with van der Waals surface area (Å²) in [5.41, 5.74) is 72.6. The van der Waals surface area contributed by atoms with E-state index in [1.54, 1.807) is 109 Å². The van der Waals surface area contributed by atoms with Crippen molar-refractivity contribution >= 4 is 124 Å². The first-order valence-corrected chi connectivity index (χ1v) is 48.3. The zero-order valence-corrected chi connectivity index (χ0v) is 83.8. The third kappa shape index (κ3) is 56.6. The molecule has 0 aliphatic heterocycles. The highest BCUT2D eigenvalue weighted by molar-refractivity contribution is 6.00. The number of benzene rings is 4. The minimum atomic E-state index is -3.18. The van der Waals surface area contributed by atoms with Crippen molar-refractivity contribution in [3.05, 3.63) is 144 Å². The fourth-order valence-corrected chi connectivity index (χ4v) is 14.5. The molecule has 0 saturated heterocycles. The molecule has 4 aromatic rings. The summed E-state index contributed by atoms with van der Waals surface area (Å²) in [6.45, 7) is 0.652. The van der Waals surface area contributed by atoms with Gasteiger partial charge in [-0.15, -0.1) is 0 Å². The molecule has 0 spiro atoms. The van der Waals surface area contributed by atoms with Crippen LogP contribution in [-0.4, -0.2) is 288 Å². The molecule has 0 aliphatic rings. The van der Waals surface area contributed by atoms with E-state index in [9.17, 15) is 130 Å². The van der Waals surface area contributed by atoms with E-state index in [1.807, 2.05) is 43.4 Å². The Morgan fingerprint density at radius 1 is 0.291 bits per heavy atom. The number of carbonyl (C=O) groups excluding carboxylic acids is 21. The highest BCUT2D eigenvalue weighted by Gasteiger charge is 2.38. The highest BCUT2D eigenvalue weighted by atomic mass is 19.3. The van der Waals surface area contributed by atoms with Crippen LogP contribution in [0.3, 0.4) is 0 Å². The number of nitrogens with zero attached hydrogens (tertiary/aromatic N) is 1. The van der Waals surface area contributed by atoms with Crippen LogP contribution in [0.4, 0.5) is 8.78 Å². The second-order valence-corrected chi connectivity index (χ2v) is 35.7. The summed E-state index contributed by atoms with van der Waals surface area (Å²) in [5, 5.41) is 58.6. The van der Waals surface area contributed by atoms with Crippen molar-refractivity contribution in [2.45, 2.75) is 253 Å². The van der Waals surface area contributed by atoms with E-state index >= 15 is 0 Å². The van der Waals surface area contributed by atoms with Crippen LogP contribution in [0.5, 0.6) is 0 Å². The number of nitrogens with two attached hydrogens (primary N) is 13. The largest absolute Gasteiger partial charge is 0.394 e. The first kappa shape index (κ1) is 132. The van der Waals surface area contributed by atoms with Crippen molar-refractivity contribution in [2.24, 2.45) is 98.2 Å². The molecule has 148 heavy (non-hydrogen) atoms. The Balaban J connectivity index is 0.000000988. The van der Waals surface area contributed by atoms with Gasteiger partial charge in [0.2, 0.25) is 94.5 Å². The van der Waals surface area contributed by atoms with Crippen LogP contribution in [0.15, 0.2) is 121 Å². The summed E-state index contributed by atoms with van der Waals surface area (Å²) >= 11 is 0. The number of carbonyl (C=O) groups is 21. The van der Waals surface area contributed by atoms with Crippen LogP contribution in [0, 0.1) is 23.7 Å². The fourth-order valence-electron chi connectivity index (χ4n) is 14.5. The number of alkyl halides is 2. The van der Waals surface area contributed by atoms with Gasteiger partial charge in [-0.1, -0.05) is 173 Å². The average Bonchev–Trinajstić information content (AvgIpc) is 0.865. The molecule has 0 radical (unpaired) electrons. The van der Waals surface area contributed by atoms with Crippen LogP contribution < -0.4 is 122 Å². The average molecular weight is 2090 g/mol. The number of ketones is 4. The molecule has 0 heterocycles. The van der Waals surface area contributed by atoms with E-state index in [-0.39, 0.29) is 77.2 Å². The van der Waals surface area contributed by atoms with Crippen molar-refractivity contribution < 1.29 is 130 Å². The van der Waals surface area contributed by atoms with Crippen molar-refractivity contribution in [3.63, 3.8) is 0 Å². The van der Waals surface area contributed by atoms with Crippen molar-refractivity contribution in [1.29, 1.82) is 0 Å². The first-order chi connectivity index (χ1) is 69.9. The van der Waals surface area contributed by atoms with Gasteiger partial charge in [-0.2, -0.15) is 8.78 Å². The Morgan fingerprint density at radius 3 is 0.716 bits per heavy atom. The minimum Gasteiger partial charge on any atom is -0.394 e. The van der Waals surface area contributed by atoms with Gasteiger partial charge in [-0.25, -0.2) is 0 Å². The molecule has 4 rings (SSSR count). The molecule has 48 nitrogen and oxygen atoms in total. The van der Waals surface area contributed by atoms with E-state index in [0.717, 1.165) is 48.9 Å². The molecule has 0 aromatic heterocycles. The molecule has 0 unspecified atom stereocenters. The number of aliphatic hydroxyl groups is 4. The number of rotatable bonds is 72. The van der Waals surface area contributed by atoms with Gasteiger partial charge < -0.3 is 148 Å². The fraction of sp³-hybridized carbons (Fsp3) is 0.541. The summed E-state index contributed by atoms with van der Waals surface area (Å²) < 4.78 is 24.7. The number of nitrogens with one attached hydrogen (secondary N) is 9. The number of aliphatic hydroxyl groups excluding tert-OH is 4. The van der Waals surface area contributed by atoms with Crippen LogP contribution in [-0.2, 0) is 126 Å². The van der Waals surface area contributed by atoms with Gasteiger partial charge in [-0.3, -0.25) is 101 Å². The number of hydrogen-bond donors (Lipinski definition) is 26. The quantitative estimate of drug-likeness (QED) is 0.0183. The molecular formula is C98H151F2N23O25. The Morgan fingerprint density at radius 2 is 0.514 bits per heavy atom. The third-order valence-electron chi connectivity index (χ3n) is 22.9. The topological polar surface area (TPSA) is 889 Å². The summed E-state index contributed by atoms with van der Waals surface area (Å²) in [5.74, 6) is -19.6. The molecule has 822 valence electrons. The minimum absolute atomic E-state index is 0.0202. The van der Waals surface area contributed by atoms with Gasteiger partial charge in [0.25, 0.3) is 5.91 Å². The SMILES string of the molecule is CCCCCC[C@H](CC(=O)[C@H](Cc1ccccc1)NC(=O)[C@@H](N)CO)C(=O)N[C@@H](CC(N)=O)C(N)=O.CN(C)CCCC[C@H](CC(=O)[C@H](Cc1ccccc1)NC(=O)[C@@H](N)CO)C(=O)N[C@@H](CC(N)=O)C(N)=O.NC(=O)C[C@H](NC(=O)[C@H](CCCCNC(=O)C(F)F)CC(=O)[C@H](Cc1ccccc1)NC(=O)[C@@H](N)CO)C(N)=O.NCCCC[C@H](CC(=O)[C@H](Cc1ccccc1)NC(=O)[C@@H](N)CO)C(=O)N[C@@H](CC(N)=O)C(N)=O. The molecular weight excluding hydrogens is 1940 g/mol. The lowest BCUT2D eigenvalue weighted by molar-refractivity contribution is -0.134. The Bertz CT molecular complexity index is 4870. The van der Waals surface area contributed by atoms with E-state index < -0.39 is 285 Å². The molecule has 0 bridgehead atoms. The van der Waals surface area contributed by atoms with Crippen LogP contribution in [0.2, 0.25) is 0 Å². The smallest absolute Gasteiger partial charge is 0.315 e. The first-order valence-electron chi connectivity index (χ1n) is 48.3. The molecule has 16 atom stereocenters. The lowest BCUT2D eigenvalue weighted by Crippen LogP contribution is -2.52. The van der Waals surface area contributed by atoms with Crippen molar-refractivity contribution in [3.8, 4) is 0 Å². The Labute approximate surface area is 857 Å². The summed E-state index contributed by atoms with van der Waals surface area (Å²) in [7, 11) is 3.84. The lowest BCUT2D eigenvalue weighted by Gasteiger charge is -2.24. The van der Waals surface area contributed by atoms with Crippen molar-refractivity contribution in [2.75, 3.05) is 60.2 Å². The molecule has 39 N–H and O–H groups in total. The van der Waals surface area contributed by atoms with E-state index in [2.05, 4.69) is 42.5 Å². The number of unbranched alkanes of at least 4 members (excludes halogenated alkanes) is 6. The predicted molar refractivity (Wildman–Crippen MR) is 538 cm³/mol. The van der Waals surface area contributed by atoms with Gasteiger partial charge in [0.1, 0.15) is 48.3 Å². The summed E-state index contributed by atoms with van der Waals surface area (Å²) in [4.78, 5) is 260. The summed E-state index contributed by atoms with van der Waals surface area (Å²) in [6.07, 6.45) is 1.58. The van der Waals surface area contributed by atoms with E-state index in [0.29, 0.717) is 50.6 Å². The highest BCUT2D eigenvalue weighted by Crippen LogP contribution is 2.24. The molecule has 50 heteroatoms. The number of Topliss-reactive ketones (excluding diaryl/α,β-unsaturated/α-hetero) is 4. The van der Waals surface area contributed by atoms with Gasteiger partial charge in [0.05, 0.1) is 76.3 Å². The van der Waals surface area contributed by atoms with E-state index in [1.165, 1.54) is 0 Å². The van der Waals surface area contributed by atoms with Gasteiger partial charge in [0.15, 0.2) is 23.1 Å².